The molecule has 2 fully saturated rings. The summed E-state index contributed by atoms with van der Waals surface area (Å²) in [5.74, 6) is 0.00613. The van der Waals surface area contributed by atoms with Crippen LogP contribution in [0.2, 0.25) is 5.02 Å². The van der Waals surface area contributed by atoms with Crippen LogP contribution in [0.25, 0.3) is 10.9 Å². The van der Waals surface area contributed by atoms with Crippen molar-refractivity contribution in [3.8, 4) is 0 Å². The molecule has 6 nitrogen and oxygen atoms in total. The highest BCUT2D eigenvalue weighted by atomic mass is 35.5. The van der Waals surface area contributed by atoms with Crippen molar-refractivity contribution in [1.29, 1.82) is 0 Å². The van der Waals surface area contributed by atoms with E-state index in [1.54, 1.807) is 0 Å². The van der Waals surface area contributed by atoms with Gasteiger partial charge in [-0.15, -0.1) is 0 Å². The van der Waals surface area contributed by atoms with Gasteiger partial charge in [-0.1, -0.05) is 41.9 Å². The van der Waals surface area contributed by atoms with Crippen LogP contribution in [0.4, 0.5) is 0 Å². The molecular weight excluding hydrogens is 438 g/mol. The lowest BCUT2D eigenvalue weighted by atomic mass is 9.84. The molecule has 6 rings (SSSR count). The van der Waals surface area contributed by atoms with E-state index in [0.717, 1.165) is 55.5 Å². The number of carbonyl (C=O) groups is 1. The molecule has 2 atom stereocenters. The van der Waals surface area contributed by atoms with Crippen molar-refractivity contribution in [2.75, 3.05) is 32.8 Å². The molecule has 2 saturated heterocycles. The largest absolute Gasteiger partial charge is 0.374 e. The lowest BCUT2D eigenvalue weighted by molar-refractivity contribution is -0.0805. The molecule has 0 aliphatic carbocycles. The van der Waals surface area contributed by atoms with Gasteiger partial charge in [-0.2, -0.15) is 0 Å². The minimum Gasteiger partial charge on any atom is -0.374 e. The van der Waals surface area contributed by atoms with E-state index in [-0.39, 0.29) is 17.5 Å². The first-order chi connectivity index (χ1) is 16.1. The molecule has 3 aromatic rings. The first-order valence-electron chi connectivity index (χ1n) is 11.8. The highest BCUT2D eigenvalue weighted by molar-refractivity contribution is 6.31. The number of nitrogens with zero attached hydrogens (tertiary/aromatic N) is 1. The van der Waals surface area contributed by atoms with Crippen LogP contribution in [0.15, 0.2) is 48.7 Å². The average Bonchev–Trinajstić information content (AvgIpc) is 3.36. The second-order valence-corrected chi connectivity index (χ2v) is 9.68. The molecule has 3 aliphatic rings. The number of piperidine rings is 1. The molecule has 0 amide bonds. The van der Waals surface area contributed by atoms with Gasteiger partial charge in [-0.25, -0.2) is 0 Å². The molecule has 0 radical (unpaired) electrons. The maximum absolute atomic E-state index is 14.0. The number of ketones is 1. The summed E-state index contributed by atoms with van der Waals surface area (Å²) in [4.78, 5) is 14.0. The number of Topliss-reactive ketones (excluding diaryl/α,β-unsaturated/α-hetero) is 1. The number of ether oxygens (including phenoxy) is 2. The standard InChI is InChI=1S/C26H28ClN3O3/c27-17-5-6-19-21(16-30(23(19)13-17)15-18-14-29-11-12-32-18)24(31)25-20-3-1-2-4-22(20)26(33-25)7-9-28-10-8-26/h1-6,13,16,18,25,28-29H,7-12,14-15H2/t18?,25-/m1/s1. The fraction of sp³-hybridized carbons (Fsp3) is 0.423. The molecule has 4 heterocycles. The zero-order valence-corrected chi connectivity index (χ0v) is 19.2. The molecule has 1 spiro atoms. The quantitative estimate of drug-likeness (QED) is 0.573. The molecule has 0 bridgehead atoms. The zero-order chi connectivity index (χ0) is 22.4. The molecule has 1 unspecified atom stereocenters. The van der Waals surface area contributed by atoms with E-state index in [1.807, 2.05) is 42.6 Å². The number of aromatic nitrogens is 1. The van der Waals surface area contributed by atoms with Gasteiger partial charge >= 0.3 is 0 Å². The zero-order valence-electron chi connectivity index (χ0n) is 18.5. The number of benzene rings is 2. The van der Waals surface area contributed by atoms with Gasteiger partial charge in [0.25, 0.3) is 0 Å². The minimum absolute atomic E-state index is 0.00613. The summed E-state index contributed by atoms with van der Waals surface area (Å²) < 4.78 is 14.7. The SMILES string of the molecule is O=C(c1cn(CC2CNCCO2)c2cc(Cl)ccc12)[C@@H]1OC2(CCNCC2)c2ccccc21. The van der Waals surface area contributed by atoms with Crippen LogP contribution in [0.1, 0.15) is 40.4 Å². The van der Waals surface area contributed by atoms with Gasteiger partial charge in [-0.3, -0.25) is 4.79 Å². The van der Waals surface area contributed by atoms with Gasteiger partial charge in [0.05, 0.1) is 30.4 Å². The number of hydrogen-bond acceptors (Lipinski definition) is 5. The number of carbonyl (C=O) groups excluding carboxylic acids is 1. The van der Waals surface area contributed by atoms with E-state index in [0.29, 0.717) is 23.7 Å². The molecule has 172 valence electrons. The highest BCUT2D eigenvalue weighted by Crippen LogP contribution is 2.49. The summed E-state index contributed by atoms with van der Waals surface area (Å²) in [7, 11) is 0. The average molecular weight is 466 g/mol. The van der Waals surface area contributed by atoms with E-state index in [2.05, 4.69) is 21.3 Å². The Balaban J connectivity index is 1.39. The third-order valence-electron chi connectivity index (χ3n) is 7.24. The van der Waals surface area contributed by atoms with Crippen LogP contribution >= 0.6 is 11.6 Å². The summed E-state index contributed by atoms with van der Waals surface area (Å²) in [5.41, 5.74) is 3.40. The number of nitrogens with one attached hydrogen (secondary N) is 2. The summed E-state index contributed by atoms with van der Waals surface area (Å²) >= 11 is 6.34. The second kappa shape index (κ2) is 8.53. The highest BCUT2D eigenvalue weighted by Gasteiger charge is 2.48. The van der Waals surface area contributed by atoms with Gasteiger partial charge < -0.3 is 24.7 Å². The Hall–Kier alpha value is -2.22. The van der Waals surface area contributed by atoms with Crippen LogP contribution in [0, 0.1) is 0 Å². The van der Waals surface area contributed by atoms with Gasteiger partial charge in [-0.05, 0) is 49.2 Å². The molecular formula is C26H28ClN3O3. The lowest BCUT2D eigenvalue weighted by Gasteiger charge is -2.34. The van der Waals surface area contributed by atoms with Gasteiger partial charge in [0, 0.05) is 35.3 Å². The monoisotopic (exact) mass is 465 g/mol. The Morgan fingerprint density at radius 3 is 2.79 bits per heavy atom. The fourth-order valence-corrected chi connectivity index (χ4v) is 5.78. The Morgan fingerprint density at radius 2 is 1.97 bits per heavy atom. The van der Waals surface area contributed by atoms with Crippen molar-refractivity contribution in [2.45, 2.75) is 37.2 Å². The Morgan fingerprint density at radius 1 is 1.12 bits per heavy atom. The number of rotatable bonds is 4. The molecule has 3 aliphatic heterocycles. The van der Waals surface area contributed by atoms with Gasteiger partial charge in [0.1, 0.15) is 6.10 Å². The summed E-state index contributed by atoms with van der Waals surface area (Å²) in [6.07, 6.45) is 3.16. The molecule has 2 N–H and O–H groups in total. The predicted octanol–water partition coefficient (Wildman–Crippen LogP) is 3.82. The van der Waals surface area contributed by atoms with E-state index in [1.165, 1.54) is 5.56 Å². The second-order valence-electron chi connectivity index (χ2n) is 9.25. The van der Waals surface area contributed by atoms with Crippen LogP contribution in [-0.4, -0.2) is 49.2 Å². The van der Waals surface area contributed by atoms with Gasteiger partial charge in [0.15, 0.2) is 5.78 Å². The maximum atomic E-state index is 14.0. The third kappa shape index (κ3) is 3.70. The van der Waals surface area contributed by atoms with Crippen molar-refractivity contribution in [2.24, 2.45) is 0 Å². The van der Waals surface area contributed by atoms with E-state index < -0.39 is 6.10 Å². The topological polar surface area (TPSA) is 64.5 Å². The van der Waals surface area contributed by atoms with Crippen LogP contribution in [0.3, 0.4) is 0 Å². The van der Waals surface area contributed by atoms with Crippen molar-refractivity contribution in [3.63, 3.8) is 0 Å². The van der Waals surface area contributed by atoms with E-state index in [4.69, 9.17) is 21.1 Å². The number of halogens is 1. The Kier molecular flexibility index (Phi) is 5.51. The van der Waals surface area contributed by atoms with Gasteiger partial charge in [0.2, 0.25) is 0 Å². The smallest absolute Gasteiger partial charge is 0.198 e. The summed E-state index contributed by atoms with van der Waals surface area (Å²) in [6, 6.07) is 14.0. The molecule has 33 heavy (non-hydrogen) atoms. The minimum atomic E-state index is -0.596. The summed E-state index contributed by atoms with van der Waals surface area (Å²) in [5, 5.41) is 8.35. The normalized spacial score (nSPS) is 24.3. The predicted molar refractivity (Wildman–Crippen MR) is 128 cm³/mol. The first-order valence-corrected chi connectivity index (χ1v) is 12.2. The van der Waals surface area contributed by atoms with Crippen molar-refractivity contribution in [1.82, 2.24) is 15.2 Å². The number of hydrogen-bond donors (Lipinski definition) is 2. The third-order valence-corrected chi connectivity index (χ3v) is 7.48. The molecule has 1 aromatic heterocycles. The molecule has 2 aromatic carbocycles. The maximum Gasteiger partial charge on any atom is 0.198 e. The Bertz CT molecular complexity index is 1190. The molecule has 0 saturated carbocycles. The first kappa shape index (κ1) is 21.3. The van der Waals surface area contributed by atoms with Crippen LogP contribution in [0.5, 0.6) is 0 Å². The van der Waals surface area contributed by atoms with Crippen molar-refractivity contribution < 1.29 is 14.3 Å². The number of fused-ring (bicyclic) bond motifs is 3. The van der Waals surface area contributed by atoms with Crippen LogP contribution in [-0.2, 0) is 21.6 Å². The van der Waals surface area contributed by atoms with Crippen molar-refractivity contribution >= 4 is 28.3 Å². The van der Waals surface area contributed by atoms with Crippen molar-refractivity contribution in [3.05, 3.63) is 70.4 Å². The summed E-state index contributed by atoms with van der Waals surface area (Å²) in [6.45, 7) is 4.80. The fourth-order valence-electron chi connectivity index (χ4n) is 5.62. The van der Waals surface area contributed by atoms with Crippen LogP contribution < -0.4 is 10.6 Å². The lowest BCUT2D eigenvalue weighted by Crippen LogP contribution is -2.40. The van der Waals surface area contributed by atoms with E-state index >= 15 is 0 Å². The number of morpholine rings is 1. The van der Waals surface area contributed by atoms with E-state index in [9.17, 15) is 4.79 Å². The Labute approximate surface area is 198 Å². The molecule has 7 heteroatoms.